The van der Waals surface area contributed by atoms with Crippen LogP contribution in [0.2, 0.25) is 0 Å². The topological polar surface area (TPSA) is 576 Å². The van der Waals surface area contributed by atoms with E-state index >= 15 is 0 Å². The van der Waals surface area contributed by atoms with E-state index in [9.17, 15) is 92.0 Å². The Kier molecular flexibility index (Phi) is 37.2. The molecule has 110 heavy (non-hydrogen) atoms. The number of H-pyrrole nitrogens is 2. The zero-order valence-corrected chi connectivity index (χ0v) is 63.1. The Hall–Kier alpha value is -11.1. The average Bonchev–Trinajstić information content (AvgIpc) is 1.66. The number of carbonyl (C=O) groups excluding carboxylic acids is 13. The number of hydrogen-bond acceptors (Lipinski definition) is 22. The molecule has 1 aliphatic heterocycles. The van der Waals surface area contributed by atoms with E-state index in [0.717, 1.165) is 0 Å². The number of rotatable bonds is 43. The van der Waals surface area contributed by atoms with Gasteiger partial charge in [-0.25, -0.2) is 4.98 Å². The second-order valence-electron chi connectivity index (χ2n) is 27.1. The lowest BCUT2D eigenvalue weighted by molar-refractivity contribution is -0.140. The predicted molar refractivity (Wildman–Crippen MR) is 400 cm³/mol. The Labute approximate surface area is 638 Å². The molecule has 20 N–H and O–H groups in total. The molecule has 39 nitrogen and oxygen atoms in total. The van der Waals surface area contributed by atoms with Crippen molar-refractivity contribution in [3.8, 4) is 0 Å². The zero-order chi connectivity index (χ0) is 81.1. The van der Waals surface area contributed by atoms with Gasteiger partial charge in [0.1, 0.15) is 42.3 Å². The summed E-state index contributed by atoms with van der Waals surface area (Å²) in [7, 11) is 0. The highest BCUT2D eigenvalue weighted by Crippen LogP contribution is 2.20. The Bertz CT molecular complexity index is 3810. The molecule has 0 spiro atoms. The number of aromatic nitrogens is 3. The lowest BCUT2D eigenvalue weighted by Gasteiger charge is -2.32. The van der Waals surface area contributed by atoms with Crippen LogP contribution in [-0.2, 0) is 84.8 Å². The Morgan fingerprint density at radius 3 is 1.58 bits per heavy atom. The molecule has 0 bridgehead atoms. The third-order valence-electron chi connectivity index (χ3n) is 17.4. The van der Waals surface area contributed by atoms with Crippen LogP contribution in [0.3, 0.4) is 0 Å². The number of aliphatic carboxylic acids is 3. The van der Waals surface area contributed by atoms with Gasteiger partial charge in [0, 0.05) is 112 Å². The van der Waals surface area contributed by atoms with Crippen molar-refractivity contribution in [1.29, 1.82) is 0 Å². The number of nitrogens with two attached hydrogens (primary N) is 2. The first-order chi connectivity index (χ1) is 52.2. The Morgan fingerprint density at radius 2 is 1.04 bits per heavy atom. The molecular weight excluding hydrogens is 1460 g/mol. The first-order valence-corrected chi connectivity index (χ1v) is 37.0. The van der Waals surface area contributed by atoms with E-state index in [1.54, 1.807) is 63.9 Å². The third kappa shape index (κ3) is 32.4. The maximum atomic E-state index is 14.4. The number of carbonyl (C=O) groups is 16. The predicted octanol–water partition coefficient (Wildman–Crippen LogP) is -4.63. The number of nitrogens with one attached hydrogen (secondary N) is 13. The standard InChI is InChI=1S/C70H102N20O19S/c1-40(2)27-51(68(107)82-49(63(72)102)17-26-110-6)84-69(108)53(29-46-31-73-39-78-46)81-57(94)34-77-70(109)62(41(3)4)86-64(103)42(5)79-67(106)52(28-44-30-74-48-10-8-7-9-47(44)48)85-66(105)50(15-16-54(71)91)83-65(104)43-11-13-45(14-12-43)80-56(93)33-75-55(92)32-76-58(95)35-87-18-20-88(36-59(96)97)22-24-90(38-61(100)101)25-23-89(21-19-87)37-60(98)99/h7-14,30-31,39-42,49-53,62,74H,15-29,32-38H2,1-6H3,(H2,71,91)(H2,72,102)(H,73,78)(H,75,92)(H,76,95)(H,77,109)(H,79,106)(H,80,93)(H,81,94)(H,82,107)(H,83,104)(H,84,108)(H,85,105)(H,86,103)(H,96,97)(H,98,99)(H,100,101)/t42-,49-,50-,51-,52-,53-,62-/m0/s1. The molecule has 2 aromatic carbocycles. The van der Waals surface area contributed by atoms with Gasteiger partial charge in [-0.15, -0.1) is 0 Å². The molecule has 3 heterocycles. The van der Waals surface area contributed by atoms with Crippen molar-refractivity contribution < 1.29 is 92.0 Å². The fourth-order valence-electron chi connectivity index (χ4n) is 11.5. The summed E-state index contributed by atoms with van der Waals surface area (Å²) in [5.74, 6) is -13.9. The van der Waals surface area contributed by atoms with Gasteiger partial charge in [-0.05, 0) is 85.9 Å². The molecule has 0 unspecified atom stereocenters. The van der Waals surface area contributed by atoms with Crippen LogP contribution in [0.1, 0.15) is 81.9 Å². The normalized spacial score (nSPS) is 15.2. The van der Waals surface area contributed by atoms with Gasteiger partial charge in [-0.2, -0.15) is 11.8 Å². The van der Waals surface area contributed by atoms with Crippen LogP contribution in [0.15, 0.2) is 67.3 Å². The molecule has 7 atom stereocenters. The molecule has 5 rings (SSSR count). The lowest BCUT2D eigenvalue weighted by Crippen LogP contribution is -2.59. The molecule has 2 aromatic heterocycles. The van der Waals surface area contributed by atoms with E-state index in [4.69, 9.17) is 11.5 Å². The summed E-state index contributed by atoms with van der Waals surface area (Å²) < 4.78 is 0. The van der Waals surface area contributed by atoms with Crippen LogP contribution in [0.4, 0.5) is 5.69 Å². The van der Waals surface area contributed by atoms with E-state index in [1.807, 2.05) is 20.1 Å². The zero-order valence-electron chi connectivity index (χ0n) is 62.3. The van der Waals surface area contributed by atoms with Crippen LogP contribution in [0.25, 0.3) is 10.9 Å². The van der Waals surface area contributed by atoms with E-state index in [2.05, 4.69) is 73.4 Å². The number of anilines is 1. The fraction of sp³-hybridized carbons (Fsp3) is 0.529. The van der Waals surface area contributed by atoms with Crippen molar-refractivity contribution in [2.45, 2.75) is 115 Å². The summed E-state index contributed by atoms with van der Waals surface area (Å²) in [4.78, 5) is 226. The number of hydrogen-bond donors (Lipinski definition) is 18. The number of carboxylic acid groups (broad SMARTS) is 3. The molecule has 1 fully saturated rings. The molecule has 40 heteroatoms. The second-order valence-corrected chi connectivity index (χ2v) is 28.1. The van der Waals surface area contributed by atoms with Crippen LogP contribution in [-0.4, -0.2) is 297 Å². The van der Waals surface area contributed by atoms with Gasteiger partial charge in [0.15, 0.2) is 0 Å². The van der Waals surface area contributed by atoms with Gasteiger partial charge in [0.05, 0.1) is 52.1 Å². The second kappa shape index (κ2) is 45.7. The van der Waals surface area contributed by atoms with E-state index < -0.39 is 169 Å². The summed E-state index contributed by atoms with van der Waals surface area (Å²) in [6, 6.07) is 3.20. The molecule has 1 aliphatic rings. The number of nitrogens with zero attached hydrogens (tertiary/aromatic N) is 5. The molecule has 0 radical (unpaired) electrons. The lowest BCUT2D eigenvalue weighted by atomic mass is 10.0. The van der Waals surface area contributed by atoms with Crippen molar-refractivity contribution in [2.75, 3.05) is 115 Å². The number of para-hydroxylation sites is 1. The quantitative estimate of drug-likeness (QED) is 0.0198. The smallest absolute Gasteiger partial charge is 0.317 e. The van der Waals surface area contributed by atoms with Gasteiger partial charge in [-0.3, -0.25) is 96.3 Å². The average molecular weight is 1560 g/mol. The Morgan fingerprint density at radius 1 is 0.518 bits per heavy atom. The van der Waals surface area contributed by atoms with Crippen molar-refractivity contribution in [3.63, 3.8) is 0 Å². The summed E-state index contributed by atoms with van der Waals surface area (Å²) in [5, 5.41) is 57.3. The highest BCUT2D eigenvalue weighted by Gasteiger charge is 2.35. The van der Waals surface area contributed by atoms with Gasteiger partial charge < -0.3 is 95.2 Å². The largest absolute Gasteiger partial charge is 0.480 e. The number of amides is 13. The van der Waals surface area contributed by atoms with Crippen molar-refractivity contribution in [3.05, 3.63) is 84.1 Å². The number of benzene rings is 2. The summed E-state index contributed by atoms with van der Waals surface area (Å²) in [5.41, 5.74) is 12.9. The molecular formula is C70H102N20O19S. The van der Waals surface area contributed by atoms with E-state index in [0.29, 0.717) is 27.9 Å². The number of fused-ring (bicyclic) bond motifs is 1. The molecule has 4 aromatic rings. The first kappa shape index (κ1) is 89.5. The number of carboxylic acids is 3. The molecule has 1 saturated heterocycles. The number of primary amides is 2. The van der Waals surface area contributed by atoms with Crippen LogP contribution in [0.5, 0.6) is 0 Å². The van der Waals surface area contributed by atoms with Crippen LogP contribution >= 0.6 is 11.8 Å². The molecule has 602 valence electrons. The van der Waals surface area contributed by atoms with Crippen LogP contribution in [0, 0.1) is 11.8 Å². The van der Waals surface area contributed by atoms with Gasteiger partial charge >= 0.3 is 17.9 Å². The minimum absolute atomic E-state index is 0.0366. The van der Waals surface area contributed by atoms with Gasteiger partial charge in [-0.1, -0.05) is 45.9 Å². The van der Waals surface area contributed by atoms with E-state index in [-0.39, 0.29) is 128 Å². The highest BCUT2D eigenvalue weighted by molar-refractivity contribution is 7.98. The monoisotopic (exact) mass is 1560 g/mol. The summed E-state index contributed by atoms with van der Waals surface area (Å²) in [6.07, 6.45) is 5.56. The molecule has 13 amide bonds. The van der Waals surface area contributed by atoms with E-state index in [1.165, 1.54) is 55.5 Å². The SMILES string of the molecule is CSCC[C@H](NC(=O)[C@H](CC(C)C)NC(=O)[C@H](Cc1cnc[nH]1)NC(=O)CNC(=O)[C@@H](NC(=O)[C@H](C)NC(=O)[C@H](Cc1c[nH]c2ccccc12)NC(=O)[C@H](CCC(N)=O)NC(=O)c1ccc(NC(=O)CNC(=O)CNC(=O)CN2CCN(CC(=O)O)CCN(CC(=O)O)CCN(CC(=O)O)CC2)cc1)C(C)C)C(N)=O. The summed E-state index contributed by atoms with van der Waals surface area (Å²) in [6.45, 7) is 6.33. The number of imidazole rings is 1. The number of thioether (sulfide) groups is 1. The number of aromatic amines is 2. The third-order valence-corrected chi connectivity index (χ3v) is 18.0. The maximum absolute atomic E-state index is 14.4. The molecule has 0 aliphatic carbocycles. The Balaban J connectivity index is 1.18. The first-order valence-electron chi connectivity index (χ1n) is 35.6. The maximum Gasteiger partial charge on any atom is 0.317 e. The highest BCUT2D eigenvalue weighted by atomic mass is 32.2. The van der Waals surface area contributed by atoms with Crippen molar-refractivity contribution in [1.82, 2.24) is 87.7 Å². The van der Waals surface area contributed by atoms with Crippen LogP contribution < -0.4 is 70.0 Å². The van der Waals surface area contributed by atoms with Crippen molar-refractivity contribution in [2.24, 2.45) is 23.3 Å². The minimum atomic E-state index is -1.51. The summed E-state index contributed by atoms with van der Waals surface area (Å²) >= 11 is 1.45. The van der Waals surface area contributed by atoms with Crippen molar-refractivity contribution >= 4 is 123 Å². The van der Waals surface area contributed by atoms with Gasteiger partial charge in [0.2, 0.25) is 70.9 Å². The molecule has 0 saturated carbocycles. The van der Waals surface area contributed by atoms with Gasteiger partial charge in [0.25, 0.3) is 5.91 Å². The fourth-order valence-corrected chi connectivity index (χ4v) is 12.0. The minimum Gasteiger partial charge on any atom is -0.480 e.